The summed E-state index contributed by atoms with van der Waals surface area (Å²) in [5, 5.41) is 1.96. The summed E-state index contributed by atoms with van der Waals surface area (Å²) in [6.45, 7) is 3.69. The van der Waals surface area contributed by atoms with Crippen LogP contribution in [0.4, 0.5) is 13.2 Å². The van der Waals surface area contributed by atoms with Crippen molar-refractivity contribution in [2.45, 2.75) is 12.6 Å². The van der Waals surface area contributed by atoms with Crippen LogP contribution in [0.25, 0.3) is 0 Å². The molecule has 0 saturated heterocycles. The van der Waals surface area contributed by atoms with Crippen LogP contribution in [0, 0.1) is 0 Å². The molecule has 1 N–H and O–H groups in total. The molecule has 1 aromatic heterocycles. The van der Waals surface area contributed by atoms with Gasteiger partial charge >= 0.3 is 6.18 Å². The Morgan fingerprint density at radius 3 is 2.59 bits per heavy atom. The van der Waals surface area contributed by atoms with E-state index in [-0.39, 0.29) is 10.7 Å². The van der Waals surface area contributed by atoms with Crippen molar-refractivity contribution in [1.82, 2.24) is 15.3 Å². The van der Waals surface area contributed by atoms with Crippen LogP contribution in [0.2, 0.25) is 5.28 Å². The number of nitrogens with one attached hydrogen (secondary N) is 1. The Labute approximate surface area is 133 Å². The molecule has 22 heavy (non-hydrogen) atoms. The van der Waals surface area contributed by atoms with E-state index in [1.165, 1.54) is 6.08 Å². The number of hydrogen-bond acceptors (Lipinski definition) is 3. The van der Waals surface area contributed by atoms with Gasteiger partial charge in [-0.25, -0.2) is 9.97 Å². The molecule has 2 rings (SSSR count). The fraction of sp³-hybridized carbons (Fsp3) is 0.154. The Morgan fingerprint density at radius 2 is 2.00 bits per heavy atom. The number of hydrogen-bond donors (Lipinski definition) is 1. The van der Waals surface area contributed by atoms with Gasteiger partial charge in [-0.3, -0.25) is 4.79 Å². The minimum Gasteiger partial charge on any atom is -0.321 e. The van der Waals surface area contributed by atoms with Crippen molar-refractivity contribution in [3.8, 4) is 0 Å². The van der Waals surface area contributed by atoms with Gasteiger partial charge in [0.05, 0.1) is 11.3 Å². The molecule has 0 spiro atoms. The average Bonchev–Trinajstić information content (AvgIpc) is 2.40. The lowest BCUT2D eigenvalue weighted by molar-refractivity contribution is -0.141. The summed E-state index contributed by atoms with van der Waals surface area (Å²) < 4.78 is 38.7. The van der Waals surface area contributed by atoms with Gasteiger partial charge in [0.2, 0.25) is 5.28 Å². The minimum atomic E-state index is -4.84. The lowest BCUT2D eigenvalue weighted by Gasteiger charge is -2.15. The molecule has 0 fully saturated rings. The molecule has 0 atom stereocenters. The van der Waals surface area contributed by atoms with E-state index in [9.17, 15) is 18.0 Å². The SMILES string of the molecule is C=C1C=CC(NC(=O)c2cnc(Cl)nc2C(F)(F)F)=C(Cl)C1. The Kier molecular flexibility index (Phi) is 4.58. The lowest BCUT2D eigenvalue weighted by Crippen LogP contribution is -2.27. The van der Waals surface area contributed by atoms with Crippen LogP contribution >= 0.6 is 23.2 Å². The summed E-state index contributed by atoms with van der Waals surface area (Å²) in [6.07, 6.45) is -0.765. The first kappa shape index (κ1) is 16.5. The van der Waals surface area contributed by atoms with Crippen molar-refractivity contribution in [3.63, 3.8) is 0 Å². The third kappa shape index (κ3) is 3.66. The first-order valence-electron chi connectivity index (χ1n) is 5.84. The smallest absolute Gasteiger partial charge is 0.321 e. The van der Waals surface area contributed by atoms with Gasteiger partial charge in [0.15, 0.2) is 5.69 Å². The van der Waals surface area contributed by atoms with Gasteiger partial charge in [-0.05, 0) is 23.3 Å². The first-order chi connectivity index (χ1) is 10.2. The van der Waals surface area contributed by atoms with E-state index in [0.717, 1.165) is 0 Å². The van der Waals surface area contributed by atoms with Crippen LogP contribution in [0.5, 0.6) is 0 Å². The average molecular weight is 350 g/mol. The maximum atomic E-state index is 12.9. The van der Waals surface area contributed by atoms with E-state index in [1.54, 1.807) is 6.08 Å². The largest absolute Gasteiger partial charge is 0.434 e. The molecule has 0 saturated carbocycles. The van der Waals surface area contributed by atoms with Gasteiger partial charge in [-0.2, -0.15) is 13.2 Å². The zero-order valence-electron chi connectivity index (χ0n) is 10.8. The second kappa shape index (κ2) is 6.10. The Morgan fingerprint density at radius 1 is 1.32 bits per heavy atom. The Balaban J connectivity index is 2.33. The Bertz CT molecular complexity index is 711. The van der Waals surface area contributed by atoms with Gasteiger partial charge in [-0.15, -0.1) is 0 Å². The van der Waals surface area contributed by atoms with Crippen LogP contribution < -0.4 is 5.32 Å². The van der Waals surface area contributed by atoms with Crippen molar-refractivity contribution in [1.29, 1.82) is 0 Å². The highest BCUT2D eigenvalue weighted by Gasteiger charge is 2.38. The van der Waals surface area contributed by atoms with Crippen molar-refractivity contribution >= 4 is 29.1 Å². The minimum absolute atomic E-state index is 0.196. The number of carbonyl (C=O) groups excluding carboxylic acids is 1. The lowest BCUT2D eigenvalue weighted by atomic mass is 10.1. The van der Waals surface area contributed by atoms with Gasteiger partial charge in [0.25, 0.3) is 5.91 Å². The molecule has 1 aromatic rings. The molecule has 9 heteroatoms. The molecule has 0 unspecified atom stereocenters. The standard InChI is InChI=1S/C13H8Cl2F3N3O/c1-6-2-3-9(8(14)4-6)20-11(22)7-5-19-12(15)21-10(7)13(16,17)18/h2-3,5H,1,4H2,(H,20,22). The van der Waals surface area contributed by atoms with E-state index in [2.05, 4.69) is 21.9 Å². The number of halogens is 5. The monoisotopic (exact) mass is 349 g/mol. The van der Waals surface area contributed by atoms with Gasteiger partial charge < -0.3 is 5.32 Å². The summed E-state index contributed by atoms with van der Waals surface area (Å²) in [7, 11) is 0. The highest BCUT2D eigenvalue weighted by Crippen LogP contribution is 2.31. The normalized spacial score (nSPS) is 15.2. The fourth-order valence-electron chi connectivity index (χ4n) is 1.69. The van der Waals surface area contributed by atoms with E-state index in [4.69, 9.17) is 23.2 Å². The van der Waals surface area contributed by atoms with E-state index in [1.807, 2.05) is 0 Å². The molecule has 1 heterocycles. The van der Waals surface area contributed by atoms with Crippen molar-refractivity contribution in [2.75, 3.05) is 0 Å². The third-order valence-corrected chi connectivity index (χ3v) is 3.20. The molecule has 0 radical (unpaired) electrons. The topological polar surface area (TPSA) is 54.9 Å². The van der Waals surface area contributed by atoms with Gasteiger partial charge in [0, 0.05) is 17.6 Å². The molecule has 1 aliphatic carbocycles. The second-order valence-electron chi connectivity index (χ2n) is 4.34. The van der Waals surface area contributed by atoms with Crippen LogP contribution in [-0.4, -0.2) is 15.9 Å². The first-order valence-corrected chi connectivity index (χ1v) is 6.59. The van der Waals surface area contributed by atoms with Crippen LogP contribution in [-0.2, 0) is 6.18 Å². The summed E-state index contributed by atoms with van der Waals surface area (Å²) in [6, 6.07) is 0. The fourth-order valence-corrected chi connectivity index (χ4v) is 2.10. The molecule has 0 bridgehead atoms. The number of aromatic nitrogens is 2. The van der Waals surface area contributed by atoms with Crippen LogP contribution in [0.3, 0.4) is 0 Å². The summed E-state index contributed by atoms with van der Waals surface area (Å²) >= 11 is 11.3. The molecular formula is C13H8Cl2F3N3O. The third-order valence-electron chi connectivity index (χ3n) is 2.68. The highest BCUT2D eigenvalue weighted by atomic mass is 35.5. The number of amides is 1. The number of carbonyl (C=O) groups is 1. The van der Waals surface area contributed by atoms with Crippen LogP contribution in [0.15, 0.2) is 41.2 Å². The number of rotatable bonds is 2. The zero-order chi connectivity index (χ0) is 16.5. The molecule has 4 nitrogen and oxygen atoms in total. The van der Waals surface area contributed by atoms with Crippen molar-refractivity contribution in [2.24, 2.45) is 0 Å². The molecule has 1 amide bonds. The summed E-state index contributed by atoms with van der Waals surface area (Å²) in [5.41, 5.74) is -1.24. The second-order valence-corrected chi connectivity index (χ2v) is 5.13. The molecule has 0 aliphatic heterocycles. The predicted molar refractivity (Wildman–Crippen MR) is 75.3 cm³/mol. The number of allylic oxidation sites excluding steroid dienone is 4. The van der Waals surface area contributed by atoms with Gasteiger partial charge in [-0.1, -0.05) is 24.3 Å². The van der Waals surface area contributed by atoms with E-state index in [0.29, 0.717) is 18.2 Å². The maximum absolute atomic E-state index is 12.9. The number of nitrogens with zero attached hydrogens (tertiary/aromatic N) is 2. The molecule has 1 aliphatic rings. The van der Waals surface area contributed by atoms with Gasteiger partial charge in [0.1, 0.15) is 0 Å². The predicted octanol–water partition coefficient (Wildman–Crippen LogP) is 3.85. The molecule has 0 aromatic carbocycles. The molecular weight excluding hydrogens is 342 g/mol. The zero-order valence-corrected chi connectivity index (χ0v) is 12.4. The van der Waals surface area contributed by atoms with Crippen LogP contribution in [0.1, 0.15) is 22.5 Å². The number of alkyl halides is 3. The maximum Gasteiger partial charge on any atom is 0.434 e. The van der Waals surface area contributed by atoms with Crippen molar-refractivity contribution < 1.29 is 18.0 Å². The highest BCUT2D eigenvalue weighted by molar-refractivity contribution is 6.30. The van der Waals surface area contributed by atoms with Crippen molar-refractivity contribution in [3.05, 3.63) is 57.8 Å². The Hall–Kier alpha value is -1.86. The van der Waals surface area contributed by atoms with E-state index >= 15 is 0 Å². The summed E-state index contributed by atoms with van der Waals surface area (Å²) in [4.78, 5) is 18.5. The quantitative estimate of drug-likeness (QED) is 0.825. The summed E-state index contributed by atoms with van der Waals surface area (Å²) in [5.74, 6) is -1.03. The molecule has 116 valence electrons. The van der Waals surface area contributed by atoms with E-state index < -0.39 is 28.6 Å².